The fourth-order valence-electron chi connectivity index (χ4n) is 9.50. The third-order valence-electron chi connectivity index (χ3n) is 13.8. The number of carbonyl (C=O) groups excluding carboxylic acids is 2. The fraction of sp³-hybridized carbons (Fsp3) is 0.960. The summed E-state index contributed by atoms with van der Waals surface area (Å²) >= 11 is 0. The number of hydrogen-bond donors (Lipinski definition) is 1. The number of rotatable bonds is 37. The number of esters is 2. The molecule has 2 rings (SSSR count). The Labute approximate surface area is 353 Å². The van der Waals surface area contributed by atoms with E-state index in [1.165, 1.54) is 128 Å². The van der Waals surface area contributed by atoms with Crippen LogP contribution in [0.15, 0.2) is 0 Å². The van der Waals surface area contributed by atoms with E-state index in [2.05, 4.69) is 37.5 Å². The van der Waals surface area contributed by atoms with Gasteiger partial charge in [-0.15, -0.1) is 0 Å². The molecular formula is C50H96N2O5. The summed E-state index contributed by atoms with van der Waals surface area (Å²) in [5.74, 6) is -0.0962. The lowest BCUT2D eigenvalue weighted by Gasteiger charge is -2.48. The number of hydrogen-bond acceptors (Lipinski definition) is 7. The van der Waals surface area contributed by atoms with Crippen LogP contribution in [0.5, 0.6) is 0 Å². The highest BCUT2D eigenvalue weighted by atomic mass is 16.5. The van der Waals surface area contributed by atoms with E-state index in [1.807, 2.05) is 0 Å². The third-order valence-corrected chi connectivity index (χ3v) is 13.8. The topological polar surface area (TPSA) is 79.3 Å². The number of likely N-dealkylation sites (tertiary alicyclic amines) is 2. The molecular weight excluding hydrogens is 709 g/mol. The highest BCUT2D eigenvalue weighted by Gasteiger charge is 2.39. The van der Waals surface area contributed by atoms with Crippen molar-refractivity contribution < 1.29 is 24.2 Å². The minimum absolute atomic E-state index is 0.0227. The van der Waals surface area contributed by atoms with Crippen LogP contribution in [0, 0.1) is 17.3 Å². The molecule has 0 bridgehead atoms. The van der Waals surface area contributed by atoms with E-state index in [-0.39, 0.29) is 36.4 Å². The van der Waals surface area contributed by atoms with Crippen LogP contribution in [0.25, 0.3) is 0 Å². The van der Waals surface area contributed by atoms with Crippen LogP contribution < -0.4 is 0 Å². The summed E-state index contributed by atoms with van der Waals surface area (Å²) in [4.78, 5) is 32.8. The zero-order valence-corrected chi connectivity index (χ0v) is 38.5. The molecule has 336 valence electrons. The lowest BCUT2D eigenvalue weighted by Crippen LogP contribution is -2.52. The van der Waals surface area contributed by atoms with Gasteiger partial charge in [-0.3, -0.25) is 14.5 Å². The standard InChI is InChI=1S/C50H96N2O5/c1-5-9-13-17-21-25-31-45(29-23-19-15-11-7-3)48(54)56-43-47(52-40-35-50(36-41-52)33-38-51(39-34-50)37-27-28-42-53)44-57-49(55)46(30-24-20-16-12-8-4)32-26-22-18-14-10-6-2/h45-47,53H,5-44H2,1-4H3. The Morgan fingerprint density at radius 2 is 0.842 bits per heavy atom. The second-order valence-electron chi connectivity index (χ2n) is 18.6. The number of carbonyl (C=O) groups is 2. The van der Waals surface area contributed by atoms with Crippen LogP contribution >= 0.6 is 0 Å². The van der Waals surface area contributed by atoms with Gasteiger partial charge in [-0.2, -0.15) is 0 Å². The van der Waals surface area contributed by atoms with Crippen LogP contribution in [0.3, 0.4) is 0 Å². The summed E-state index contributed by atoms with van der Waals surface area (Å²) in [5, 5.41) is 9.23. The Kier molecular flexibility index (Phi) is 31.5. The Bertz CT molecular complexity index is 893. The summed E-state index contributed by atoms with van der Waals surface area (Å²) in [5.41, 5.74) is 0.391. The van der Waals surface area contributed by atoms with Crippen molar-refractivity contribution in [2.45, 2.75) is 239 Å². The number of unbranched alkanes of at least 4 members (excludes halogenated alkanes) is 19. The van der Waals surface area contributed by atoms with Gasteiger partial charge in [0.2, 0.25) is 0 Å². The zero-order chi connectivity index (χ0) is 41.2. The molecule has 0 saturated carbocycles. The predicted molar refractivity (Wildman–Crippen MR) is 241 cm³/mol. The molecule has 2 aliphatic heterocycles. The van der Waals surface area contributed by atoms with Gasteiger partial charge in [0, 0.05) is 6.61 Å². The number of piperidine rings is 2. The van der Waals surface area contributed by atoms with Crippen molar-refractivity contribution in [1.82, 2.24) is 9.80 Å². The Morgan fingerprint density at radius 1 is 0.491 bits per heavy atom. The monoisotopic (exact) mass is 805 g/mol. The molecule has 1 spiro atoms. The lowest BCUT2D eigenvalue weighted by molar-refractivity contribution is -0.156. The van der Waals surface area contributed by atoms with Gasteiger partial charge in [0.15, 0.2) is 0 Å². The molecule has 0 aromatic heterocycles. The van der Waals surface area contributed by atoms with E-state index in [9.17, 15) is 14.7 Å². The smallest absolute Gasteiger partial charge is 0.308 e. The average Bonchev–Trinajstić information content (AvgIpc) is 3.22. The number of aliphatic hydroxyl groups excluding tert-OH is 1. The van der Waals surface area contributed by atoms with E-state index < -0.39 is 0 Å². The minimum atomic E-state index is -0.0904. The third kappa shape index (κ3) is 24.0. The van der Waals surface area contributed by atoms with Gasteiger partial charge in [-0.25, -0.2) is 0 Å². The van der Waals surface area contributed by atoms with Gasteiger partial charge in [-0.1, -0.05) is 169 Å². The molecule has 7 nitrogen and oxygen atoms in total. The van der Waals surface area contributed by atoms with E-state index in [0.29, 0.717) is 18.6 Å². The van der Waals surface area contributed by atoms with Crippen LogP contribution in [0.1, 0.15) is 233 Å². The highest BCUT2D eigenvalue weighted by molar-refractivity contribution is 5.73. The summed E-state index contributed by atoms with van der Waals surface area (Å²) in [6.45, 7) is 15.3. The molecule has 7 heteroatoms. The second-order valence-corrected chi connectivity index (χ2v) is 18.6. The average molecular weight is 805 g/mol. The van der Waals surface area contributed by atoms with Gasteiger partial charge < -0.3 is 19.5 Å². The molecule has 0 aliphatic carbocycles. The molecule has 2 atom stereocenters. The van der Waals surface area contributed by atoms with Crippen molar-refractivity contribution in [2.24, 2.45) is 17.3 Å². The number of aliphatic hydroxyl groups is 1. The van der Waals surface area contributed by atoms with Gasteiger partial charge in [0.25, 0.3) is 0 Å². The molecule has 2 aliphatic rings. The molecule has 0 radical (unpaired) electrons. The van der Waals surface area contributed by atoms with E-state index in [4.69, 9.17) is 9.47 Å². The molecule has 1 N–H and O–H groups in total. The Hall–Kier alpha value is -1.18. The lowest BCUT2D eigenvalue weighted by atomic mass is 9.71. The summed E-state index contributed by atoms with van der Waals surface area (Å²) in [6, 6.07) is -0.0904. The molecule has 0 aromatic rings. The first kappa shape index (κ1) is 52.0. The summed E-state index contributed by atoms with van der Waals surface area (Å²) in [6.07, 6.45) is 37.4. The largest absolute Gasteiger partial charge is 0.464 e. The van der Waals surface area contributed by atoms with Crippen molar-refractivity contribution in [2.75, 3.05) is 52.5 Å². The molecule has 2 unspecified atom stereocenters. The van der Waals surface area contributed by atoms with Gasteiger partial charge in [0.05, 0.1) is 17.9 Å². The molecule has 2 heterocycles. The fourth-order valence-corrected chi connectivity index (χ4v) is 9.50. The Morgan fingerprint density at radius 3 is 1.21 bits per heavy atom. The molecule has 57 heavy (non-hydrogen) atoms. The maximum Gasteiger partial charge on any atom is 0.308 e. The maximum atomic E-state index is 13.9. The van der Waals surface area contributed by atoms with Crippen molar-refractivity contribution in [3.05, 3.63) is 0 Å². The molecule has 2 fully saturated rings. The zero-order valence-electron chi connectivity index (χ0n) is 38.5. The summed E-state index contributed by atoms with van der Waals surface area (Å²) < 4.78 is 12.6. The molecule has 0 aromatic carbocycles. The maximum absolute atomic E-state index is 13.9. The van der Waals surface area contributed by atoms with E-state index in [0.717, 1.165) is 110 Å². The Balaban J connectivity index is 2.09. The number of ether oxygens (including phenoxy) is 2. The highest BCUT2D eigenvalue weighted by Crippen LogP contribution is 2.42. The van der Waals surface area contributed by atoms with Crippen LogP contribution in [-0.4, -0.2) is 85.4 Å². The van der Waals surface area contributed by atoms with E-state index >= 15 is 0 Å². The first-order valence-corrected chi connectivity index (χ1v) is 25.3. The SMILES string of the molecule is CCCCCCCCC(CCCCCCC)C(=O)OCC(COC(=O)C(CCCCCCC)CCCCCCCC)N1CCC2(CCN(CCCCO)CC2)CC1. The normalized spacial score (nSPS) is 17.8. The van der Waals surface area contributed by atoms with Gasteiger partial charge in [-0.05, 0) is 102 Å². The van der Waals surface area contributed by atoms with E-state index in [1.54, 1.807) is 0 Å². The predicted octanol–water partition coefficient (Wildman–Crippen LogP) is 12.8. The van der Waals surface area contributed by atoms with Crippen molar-refractivity contribution >= 4 is 11.9 Å². The van der Waals surface area contributed by atoms with Crippen molar-refractivity contribution in [1.29, 1.82) is 0 Å². The van der Waals surface area contributed by atoms with Crippen LogP contribution in [0.2, 0.25) is 0 Å². The first-order chi connectivity index (χ1) is 27.9. The van der Waals surface area contributed by atoms with Crippen LogP contribution in [0.4, 0.5) is 0 Å². The molecule has 0 amide bonds. The van der Waals surface area contributed by atoms with Gasteiger partial charge >= 0.3 is 11.9 Å². The first-order valence-electron chi connectivity index (χ1n) is 25.3. The number of nitrogens with zero attached hydrogens (tertiary/aromatic N) is 2. The second kappa shape index (κ2) is 34.5. The molecule has 2 saturated heterocycles. The summed E-state index contributed by atoms with van der Waals surface area (Å²) in [7, 11) is 0. The van der Waals surface area contributed by atoms with Gasteiger partial charge in [0.1, 0.15) is 13.2 Å². The quantitative estimate of drug-likeness (QED) is 0.0495. The van der Waals surface area contributed by atoms with Crippen molar-refractivity contribution in [3.8, 4) is 0 Å². The van der Waals surface area contributed by atoms with Crippen molar-refractivity contribution in [3.63, 3.8) is 0 Å². The van der Waals surface area contributed by atoms with Crippen LogP contribution in [-0.2, 0) is 19.1 Å². The minimum Gasteiger partial charge on any atom is -0.464 e.